The smallest absolute Gasteiger partial charge is 0.406 e. The molecule has 0 aliphatic rings. The zero-order valence-electron chi connectivity index (χ0n) is 10.9. The van der Waals surface area contributed by atoms with E-state index in [4.69, 9.17) is 5.11 Å². The summed E-state index contributed by atoms with van der Waals surface area (Å²) < 4.78 is 39.8. The van der Waals surface area contributed by atoms with Gasteiger partial charge in [0, 0.05) is 19.2 Å². The van der Waals surface area contributed by atoms with Gasteiger partial charge in [0.1, 0.15) is 5.75 Å². The van der Waals surface area contributed by atoms with Crippen LogP contribution in [0.25, 0.3) is 0 Å². The first-order valence-electron chi connectivity index (χ1n) is 6.01. The van der Waals surface area contributed by atoms with Crippen molar-refractivity contribution in [3.63, 3.8) is 0 Å². The van der Waals surface area contributed by atoms with E-state index in [9.17, 15) is 13.2 Å². The van der Waals surface area contributed by atoms with Gasteiger partial charge in [0.2, 0.25) is 0 Å². The molecule has 3 nitrogen and oxygen atoms in total. The average molecular weight is 277 g/mol. The molecule has 0 aliphatic heterocycles. The second-order valence-electron chi connectivity index (χ2n) is 4.53. The summed E-state index contributed by atoms with van der Waals surface area (Å²) in [5.74, 6) is -0.0949. The number of halogens is 3. The van der Waals surface area contributed by atoms with Crippen LogP contribution in [0.2, 0.25) is 0 Å². The Labute approximate surface area is 110 Å². The van der Waals surface area contributed by atoms with Crippen LogP contribution in [-0.4, -0.2) is 24.6 Å². The van der Waals surface area contributed by atoms with Crippen molar-refractivity contribution in [1.29, 1.82) is 0 Å². The van der Waals surface area contributed by atoms with Crippen molar-refractivity contribution in [2.24, 2.45) is 5.92 Å². The minimum atomic E-state index is -4.66. The van der Waals surface area contributed by atoms with Gasteiger partial charge in [-0.15, -0.1) is 13.2 Å². The van der Waals surface area contributed by atoms with Crippen LogP contribution in [0.5, 0.6) is 5.75 Å². The first-order valence-corrected chi connectivity index (χ1v) is 6.01. The topological polar surface area (TPSA) is 41.5 Å². The summed E-state index contributed by atoms with van der Waals surface area (Å²) >= 11 is 0. The molecule has 0 bridgehead atoms. The summed E-state index contributed by atoms with van der Waals surface area (Å²) in [6, 6.07) is 5.74. The highest BCUT2D eigenvalue weighted by Crippen LogP contribution is 2.24. The van der Waals surface area contributed by atoms with Crippen molar-refractivity contribution in [1.82, 2.24) is 5.32 Å². The molecule has 0 spiro atoms. The van der Waals surface area contributed by atoms with Gasteiger partial charge in [-0.3, -0.25) is 0 Å². The molecule has 0 saturated carbocycles. The molecule has 1 aromatic carbocycles. The summed E-state index contributed by atoms with van der Waals surface area (Å²) in [5.41, 5.74) is 0.861. The maximum atomic E-state index is 12.0. The van der Waals surface area contributed by atoms with Gasteiger partial charge in [0.25, 0.3) is 0 Å². The number of aliphatic hydroxyl groups excluding tert-OH is 1. The van der Waals surface area contributed by atoms with Crippen LogP contribution in [-0.2, 0) is 0 Å². The lowest BCUT2D eigenvalue weighted by molar-refractivity contribution is -0.274. The summed E-state index contributed by atoms with van der Waals surface area (Å²) in [7, 11) is 0. The Hall–Kier alpha value is -1.27. The second-order valence-corrected chi connectivity index (χ2v) is 4.53. The quantitative estimate of drug-likeness (QED) is 0.840. The SMILES string of the molecule is CC(CO)CNC(C)c1ccc(OC(F)(F)F)cc1. The Balaban J connectivity index is 2.55. The molecule has 1 aromatic rings. The minimum absolute atomic E-state index is 0.00561. The number of hydrogen-bond donors (Lipinski definition) is 2. The van der Waals surface area contributed by atoms with Gasteiger partial charge in [-0.05, 0) is 30.5 Å². The van der Waals surface area contributed by atoms with Crippen molar-refractivity contribution < 1.29 is 23.0 Å². The van der Waals surface area contributed by atoms with Crippen molar-refractivity contribution in [2.45, 2.75) is 26.3 Å². The van der Waals surface area contributed by atoms with Crippen LogP contribution < -0.4 is 10.1 Å². The second kappa shape index (κ2) is 6.77. The van der Waals surface area contributed by atoms with E-state index < -0.39 is 6.36 Å². The van der Waals surface area contributed by atoms with E-state index in [0.29, 0.717) is 6.54 Å². The van der Waals surface area contributed by atoms with E-state index >= 15 is 0 Å². The van der Waals surface area contributed by atoms with Gasteiger partial charge >= 0.3 is 6.36 Å². The van der Waals surface area contributed by atoms with E-state index in [0.717, 1.165) is 5.56 Å². The van der Waals surface area contributed by atoms with Gasteiger partial charge in [-0.25, -0.2) is 0 Å². The third-order valence-corrected chi connectivity index (χ3v) is 2.70. The fraction of sp³-hybridized carbons (Fsp3) is 0.538. The molecular formula is C13H18F3NO2. The van der Waals surface area contributed by atoms with Crippen molar-refractivity contribution in [3.8, 4) is 5.75 Å². The molecule has 108 valence electrons. The zero-order chi connectivity index (χ0) is 14.5. The van der Waals surface area contributed by atoms with Crippen molar-refractivity contribution >= 4 is 0 Å². The lowest BCUT2D eigenvalue weighted by Crippen LogP contribution is -2.26. The number of hydrogen-bond acceptors (Lipinski definition) is 3. The first kappa shape index (κ1) is 15.8. The van der Waals surface area contributed by atoms with E-state index in [1.165, 1.54) is 12.1 Å². The molecule has 6 heteroatoms. The summed E-state index contributed by atoms with van der Waals surface area (Å²) in [5, 5.41) is 12.1. The molecule has 0 aliphatic carbocycles. The Kier molecular flexibility index (Phi) is 5.62. The Morgan fingerprint density at radius 1 is 1.21 bits per heavy atom. The highest BCUT2D eigenvalue weighted by molar-refractivity contribution is 5.29. The third-order valence-electron chi connectivity index (χ3n) is 2.70. The summed E-state index contributed by atoms with van der Waals surface area (Å²) in [6.45, 7) is 4.54. The number of rotatable bonds is 6. The van der Waals surface area contributed by atoms with Crippen LogP contribution >= 0.6 is 0 Å². The number of benzene rings is 1. The van der Waals surface area contributed by atoms with Crippen molar-refractivity contribution in [3.05, 3.63) is 29.8 Å². The van der Waals surface area contributed by atoms with Gasteiger partial charge in [-0.2, -0.15) is 0 Å². The van der Waals surface area contributed by atoms with Crippen LogP contribution in [0.4, 0.5) is 13.2 Å². The molecule has 0 fully saturated rings. The zero-order valence-corrected chi connectivity index (χ0v) is 10.9. The molecule has 2 atom stereocenters. The standard InChI is InChI=1S/C13H18F3NO2/c1-9(8-18)7-17-10(2)11-3-5-12(6-4-11)19-13(14,15)16/h3-6,9-10,17-18H,7-8H2,1-2H3. The van der Waals surface area contributed by atoms with E-state index in [1.807, 2.05) is 13.8 Å². The molecule has 2 unspecified atom stereocenters. The van der Waals surface area contributed by atoms with Crippen LogP contribution in [0, 0.1) is 5.92 Å². The average Bonchev–Trinajstić information content (AvgIpc) is 2.34. The lowest BCUT2D eigenvalue weighted by Gasteiger charge is -2.17. The fourth-order valence-electron chi connectivity index (χ4n) is 1.52. The normalized spacial score (nSPS) is 15.1. The monoisotopic (exact) mass is 277 g/mol. The maximum absolute atomic E-state index is 12.0. The van der Waals surface area contributed by atoms with E-state index in [-0.39, 0.29) is 24.3 Å². The highest BCUT2D eigenvalue weighted by Gasteiger charge is 2.30. The molecule has 0 amide bonds. The van der Waals surface area contributed by atoms with Crippen molar-refractivity contribution in [2.75, 3.05) is 13.2 Å². The summed E-state index contributed by atoms with van der Waals surface area (Å²) in [4.78, 5) is 0. The molecule has 0 radical (unpaired) electrons. The molecule has 0 heterocycles. The first-order chi connectivity index (χ1) is 8.81. The molecule has 19 heavy (non-hydrogen) atoms. The lowest BCUT2D eigenvalue weighted by atomic mass is 10.1. The van der Waals surface area contributed by atoms with E-state index in [1.54, 1.807) is 12.1 Å². The Morgan fingerprint density at radius 3 is 2.26 bits per heavy atom. The fourth-order valence-corrected chi connectivity index (χ4v) is 1.52. The van der Waals surface area contributed by atoms with Crippen LogP contribution in [0.1, 0.15) is 25.5 Å². The maximum Gasteiger partial charge on any atom is 0.573 e. The minimum Gasteiger partial charge on any atom is -0.406 e. The molecular weight excluding hydrogens is 259 g/mol. The van der Waals surface area contributed by atoms with Crippen LogP contribution in [0.3, 0.4) is 0 Å². The van der Waals surface area contributed by atoms with Gasteiger partial charge in [-0.1, -0.05) is 19.1 Å². The molecule has 0 aromatic heterocycles. The predicted molar refractivity (Wildman–Crippen MR) is 65.8 cm³/mol. The molecule has 0 saturated heterocycles. The highest BCUT2D eigenvalue weighted by atomic mass is 19.4. The number of ether oxygens (including phenoxy) is 1. The Bertz CT molecular complexity index is 378. The van der Waals surface area contributed by atoms with Gasteiger partial charge in [0.15, 0.2) is 0 Å². The molecule has 2 N–H and O–H groups in total. The van der Waals surface area contributed by atoms with Crippen LogP contribution in [0.15, 0.2) is 24.3 Å². The number of nitrogens with one attached hydrogen (secondary N) is 1. The molecule has 1 rings (SSSR count). The largest absolute Gasteiger partial charge is 0.573 e. The van der Waals surface area contributed by atoms with Gasteiger partial charge < -0.3 is 15.2 Å². The Morgan fingerprint density at radius 2 is 1.79 bits per heavy atom. The predicted octanol–water partition coefficient (Wildman–Crippen LogP) is 2.86. The third kappa shape index (κ3) is 5.94. The number of aliphatic hydroxyl groups is 1. The number of alkyl halides is 3. The van der Waals surface area contributed by atoms with E-state index in [2.05, 4.69) is 10.1 Å². The van der Waals surface area contributed by atoms with Gasteiger partial charge in [0.05, 0.1) is 0 Å². The summed E-state index contributed by atoms with van der Waals surface area (Å²) in [6.07, 6.45) is -4.66.